The predicted octanol–water partition coefficient (Wildman–Crippen LogP) is 3.03. The van der Waals surface area contributed by atoms with Crippen molar-refractivity contribution < 1.29 is 14.0 Å². The third-order valence-corrected chi connectivity index (χ3v) is 4.64. The van der Waals surface area contributed by atoms with Crippen LogP contribution in [0.2, 0.25) is 5.02 Å². The zero-order valence-corrected chi connectivity index (χ0v) is 14.9. The maximum atomic E-state index is 13.7. The van der Waals surface area contributed by atoms with Crippen LogP contribution in [-0.2, 0) is 17.9 Å². The van der Waals surface area contributed by atoms with Gasteiger partial charge in [0.15, 0.2) is 0 Å². The van der Waals surface area contributed by atoms with Gasteiger partial charge in [-0.15, -0.1) is 0 Å². The highest BCUT2D eigenvalue weighted by atomic mass is 35.5. The van der Waals surface area contributed by atoms with Crippen LogP contribution in [0, 0.1) is 5.82 Å². The zero-order valence-electron chi connectivity index (χ0n) is 14.1. The van der Waals surface area contributed by atoms with Crippen molar-refractivity contribution in [2.75, 3.05) is 19.6 Å². The average molecular weight is 376 g/mol. The lowest BCUT2D eigenvalue weighted by atomic mass is 10.2. The topological polar surface area (TPSA) is 52.7 Å². The molecule has 5 nitrogen and oxygen atoms in total. The van der Waals surface area contributed by atoms with Gasteiger partial charge in [0.25, 0.3) is 0 Å². The molecule has 0 aromatic heterocycles. The third-order valence-electron chi connectivity index (χ3n) is 4.27. The number of carbonyl (C=O) groups excluding carboxylic acids is 2. The van der Waals surface area contributed by atoms with Gasteiger partial charge in [-0.2, -0.15) is 0 Å². The summed E-state index contributed by atoms with van der Waals surface area (Å²) in [6.45, 7) is 1.37. The minimum atomic E-state index is -0.337. The largest absolute Gasteiger partial charge is 0.350 e. The molecule has 0 unspecified atom stereocenters. The maximum Gasteiger partial charge on any atom is 0.320 e. The van der Waals surface area contributed by atoms with Crippen LogP contribution in [0.1, 0.15) is 11.1 Å². The van der Waals surface area contributed by atoms with Gasteiger partial charge in [-0.1, -0.05) is 48.0 Å². The summed E-state index contributed by atoms with van der Waals surface area (Å²) in [7, 11) is 0. The second-order valence-corrected chi connectivity index (χ2v) is 6.49. The van der Waals surface area contributed by atoms with Gasteiger partial charge in [-0.25, -0.2) is 9.18 Å². The molecule has 3 rings (SSSR count). The highest BCUT2D eigenvalue weighted by Crippen LogP contribution is 2.16. The molecule has 3 amide bonds. The fourth-order valence-electron chi connectivity index (χ4n) is 2.82. The van der Waals surface area contributed by atoms with E-state index < -0.39 is 0 Å². The summed E-state index contributed by atoms with van der Waals surface area (Å²) in [5.41, 5.74) is 1.28. The first-order chi connectivity index (χ1) is 12.5. The summed E-state index contributed by atoms with van der Waals surface area (Å²) in [6.07, 6.45) is 0. The fraction of sp³-hybridized carbons (Fsp3) is 0.263. The van der Waals surface area contributed by atoms with Gasteiger partial charge in [-0.3, -0.25) is 4.79 Å². The number of rotatable bonds is 6. The van der Waals surface area contributed by atoms with Gasteiger partial charge in [0, 0.05) is 30.2 Å². The van der Waals surface area contributed by atoms with E-state index in [0.29, 0.717) is 30.2 Å². The van der Waals surface area contributed by atoms with E-state index in [1.807, 2.05) is 18.2 Å². The molecule has 0 bridgehead atoms. The molecule has 0 saturated carbocycles. The summed E-state index contributed by atoms with van der Waals surface area (Å²) >= 11 is 6.06. The van der Waals surface area contributed by atoms with Crippen molar-refractivity contribution in [1.29, 1.82) is 0 Å². The van der Waals surface area contributed by atoms with Crippen molar-refractivity contribution in [3.05, 3.63) is 70.5 Å². The number of nitrogens with zero attached hydrogens (tertiary/aromatic N) is 2. The van der Waals surface area contributed by atoms with Crippen LogP contribution in [0.4, 0.5) is 9.18 Å². The number of hydrogen-bond donors (Lipinski definition) is 1. The van der Waals surface area contributed by atoms with Crippen LogP contribution in [-0.4, -0.2) is 41.4 Å². The van der Waals surface area contributed by atoms with Crippen molar-refractivity contribution in [1.82, 2.24) is 15.1 Å². The maximum absolute atomic E-state index is 13.7. The van der Waals surface area contributed by atoms with E-state index in [1.54, 1.807) is 29.2 Å². The first-order valence-corrected chi connectivity index (χ1v) is 8.70. The Hall–Kier alpha value is -2.60. The van der Waals surface area contributed by atoms with Crippen molar-refractivity contribution in [2.45, 2.75) is 13.1 Å². The van der Waals surface area contributed by atoms with Crippen LogP contribution in [0.3, 0.4) is 0 Å². The number of benzene rings is 2. The monoisotopic (exact) mass is 375 g/mol. The second-order valence-electron chi connectivity index (χ2n) is 6.09. The van der Waals surface area contributed by atoms with Crippen molar-refractivity contribution in [2.24, 2.45) is 0 Å². The van der Waals surface area contributed by atoms with E-state index in [-0.39, 0.29) is 30.8 Å². The quantitative estimate of drug-likeness (QED) is 0.843. The Bertz CT molecular complexity index is 815. The standard InChI is InChI=1S/C19H19ClFN3O2/c20-16-7-3-1-5-14(16)11-22-18(25)13-24-10-9-23(19(24)26)12-15-6-2-4-8-17(15)21/h1-8H,9-13H2,(H,22,25). The van der Waals surface area contributed by atoms with Gasteiger partial charge in [-0.05, 0) is 17.7 Å². The molecule has 136 valence electrons. The van der Waals surface area contributed by atoms with Gasteiger partial charge in [0.05, 0.1) is 6.54 Å². The van der Waals surface area contributed by atoms with E-state index in [0.717, 1.165) is 5.56 Å². The fourth-order valence-corrected chi connectivity index (χ4v) is 3.03. The molecule has 1 aliphatic rings. The molecule has 0 radical (unpaired) electrons. The summed E-state index contributed by atoms with van der Waals surface area (Å²) in [6, 6.07) is 13.4. The Kier molecular flexibility index (Phi) is 5.73. The number of halogens is 2. The highest BCUT2D eigenvalue weighted by Gasteiger charge is 2.30. The van der Waals surface area contributed by atoms with Crippen molar-refractivity contribution >= 4 is 23.5 Å². The Labute approximate surface area is 156 Å². The average Bonchev–Trinajstić information content (AvgIpc) is 2.96. The van der Waals surface area contributed by atoms with Crippen LogP contribution < -0.4 is 5.32 Å². The zero-order chi connectivity index (χ0) is 18.5. The highest BCUT2D eigenvalue weighted by molar-refractivity contribution is 6.31. The first kappa shape index (κ1) is 18.2. The molecule has 7 heteroatoms. The molecule has 1 aliphatic heterocycles. The Balaban J connectivity index is 1.51. The van der Waals surface area contributed by atoms with Crippen molar-refractivity contribution in [3.8, 4) is 0 Å². The van der Waals surface area contributed by atoms with Gasteiger partial charge in [0.2, 0.25) is 5.91 Å². The predicted molar refractivity (Wildman–Crippen MR) is 97.1 cm³/mol. The smallest absolute Gasteiger partial charge is 0.320 e. The lowest BCUT2D eigenvalue weighted by Gasteiger charge is -2.18. The molecule has 1 saturated heterocycles. The first-order valence-electron chi connectivity index (χ1n) is 8.32. The van der Waals surface area contributed by atoms with Crippen molar-refractivity contribution in [3.63, 3.8) is 0 Å². The molecular weight excluding hydrogens is 357 g/mol. The number of amides is 3. The molecule has 0 spiro atoms. The number of nitrogens with one attached hydrogen (secondary N) is 1. The number of urea groups is 1. The Morgan fingerprint density at radius 3 is 2.42 bits per heavy atom. The number of hydrogen-bond acceptors (Lipinski definition) is 2. The number of carbonyl (C=O) groups is 2. The lowest BCUT2D eigenvalue weighted by Crippen LogP contribution is -2.39. The van der Waals surface area contributed by atoms with E-state index in [2.05, 4.69) is 5.32 Å². The summed E-state index contributed by atoms with van der Waals surface area (Å²) in [5, 5.41) is 3.35. The molecule has 1 fully saturated rings. The van der Waals surface area contributed by atoms with E-state index in [1.165, 1.54) is 11.0 Å². The summed E-state index contributed by atoms with van der Waals surface area (Å²) in [4.78, 5) is 27.5. The Morgan fingerprint density at radius 1 is 1.04 bits per heavy atom. The molecular formula is C19H19ClFN3O2. The van der Waals surface area contributed by atoms with Crippen LogP contribution >= 0.6 is 11.6 Å². The van der Waals surface area contributed by atoms with Gasteiger partial charge >= 0.3 is 6.03 Å². The normalized spacial score (nSPS) is 14.0. The molecule has 2 aromatic carbocycles. The van der Waals surface area contributed by atoms with Crippen LogP contribution in [0.15, 0.2) is 48.5 Å². The molecule has 2 aromatic rings. The van der Waals surface area contributed by atoms with E-state index >= 15 is 0 Å². The summed E-state index contributed by atoms with van der Waals surface area (Å²) in [5.74, 6) is -0.595. The summed E-state index contributed by atoms with van der Waals surface area (Å²) < 4.78 is 13.7. The molecule has 1 N–H and O–H groups in total. The van der Waals surface area contributed by atoms with Gasteiger partial charge < -0.3 is 15.1 Å². The molecule has 0 aliphatic carbocycles. The van der Waals surface area contributed by atoms with E-state index in [4.69, 9.17) is 11.6 Å². The molecule has 26 heavy (non-hydrogen) atoms. The Morgan fingerprint density at radius 2 is 1.69 bits per heavy atom. The van der Waals surface area contributed by atoms with Crippen LogP contribution in [0.25, 0.3) is 0 Å². The lowest BCUT2D eigenvalue weighted by molar-refractivity contribution is -0.121. The SMILES string of the molecule is O=C(CN1CCN(Cc2ccccc2F)C1=O)NCc1ccccc1Cl. The minimum absolute atomic E-state index is 0.0307. The van der Waals surface area contributed by atoms with Gasteiger partial charge in [0.1, 0.15) is 12.4 Å². The second kappa shape index (κ2) is 8.19. The van der Waals surface area contributed by atoms with Crippen LogP contribution in [0.5, 0.6) is 0 Å². The molecule has 1 heterocycles. The minimum Gasteiger partial charge on any atom is -0.350 e. The third kappa shape index (κ3) is 4.32. The molecule has 0 atom stereocenters. The van der Waals surface area contributed by atoms with E-state index in [9.17, 15) is 14.0 Å².